The molecule has 31 heavy (non-hydrogen) atoms. The Kier molecular flexibility index (Phi) is 5.65. The number of oxazole rings is 1. The minimum absolute atomic E-state index is 0.0989. The maximum atomic E-state index is 12.9. The number of carbonyl (C=O) groups excluding carboxylic acids is 1. The number of fused-ring (bicyclic) bond motifs is 1. The molecule has 8 heteroatoms. The average molecular weight is 422 g/mol. The van der Waals surface area contributed by atoms with Crippen LogP contribution in [-0.2, 0) is 16.0 Å². The summed E-state index contributed by atoms with van der Waals surface area (Å²) in [6, 6.07) is 6.45. The van der Waals surface area contributed by atoms with Crippen LogP contribution in [0.1, 0.15) is 24.6 Å². The van der Waals surface area contributed by atoms with Crippen molar-refractivity contribution >= 4 is 16.8 Å². The van der Waals surface area contributed by atoms with Gasteiger partial charge in [0.15, 0.2) is 11.7 Å². The van der Waals surface area contributed by atoms with Crippen LogP contribution in [0.3, 0.4) is 0 Å². The first-order valence-corrected chi connectivity index (χ1v) is 10.9. The van der Waals surface area contributed by atoms with E-state index in [0.717, 1.165) is 68.7 Å². The van der Waals surface area contributed by atoms with Gasteiger partial charge in [-0.1, -0.05) is 12.1 Å². The van der Waals surface area contributed by atoms with Crippen molar-refractivity contribution in [3.63, 3.8) is 0 Å². The van der Waals surface area contributed by atoms with Gasteiger partial charge in [0, 0.05) is 56.3 Å². The van der Waals surface area contributed by atoms with Gasteiger partial charge in [0.1, 0.15) is 5.82 Å². The molecule has 3 aromatic rings. The topological polar surface area (TPSA) is 84.6 Å². The Labute approximate surface area is 181 Å². The predicted molar refractivity (Wildman–Crippen MR) is 115 cm³/mol. The highest BCUT2D eigenvalue weighted by Gasteiger charge is 2.28. The first kappa shape index (κ1) is 20.1. The molecule has 0 saturated carbocycles. The molecule has 8 nitrogen and oxygen atoms in total. The van der Waals surface area contributed by atoms with Crippen LogP contribution in [0, 0.1) is 6.92 Å². The summed E-state index contributed by atoms with van der Waals surface area (Å²) in [5, 5.41) is 0.933. The number of benzene rings is 1. The quantitative estimate of drug-likeness (QED) is 0.640. The number of amides is 1. The molecule has 0 unspecified atom stereocenters. The SMILES string of the molecule is Cc1ncc(-c2ccc3cnc(CC(=O)N4CCC(N5CCOCC5)CC4)nc3c2)o1. The second kappa shape index (κ2) is 8.72. The van der Waals surface area contributed by atoms with Gasteiger partial charge in [-0.2, -0.15) is 0 Å². The van der Waals surface area contributed by atoms with E-state index in [2.05, 4.69) is 19.9 Å². The molecular weight excluding hydrogens is 394 g/mol. The van der Waals surface area contributed by atoms with Crippen LogP contribution in [0.5, 0.6) is 0 Å². The summed E-state index contributed by atoms with van der Waals surface area (Å²) in [5.74, 6) is 1.99. The van der Waals surface area contributed by atoms with E-state index in [4.69, 9.17) is 9.15 Å². The first-order chi connectivity index (χ1) is 15.2. The van der Waals surface area contributed by atoms with E-state index in [1.165, 1.54) is 0 Å². The zero-order valence-corrected chi connectivity index (χ0v) is 17.8. The minimum atomic E-state index is 0.0989. The third-order valence-corrected chi connectivity index (χ3v) is 6.23. The van der Waals surface area contributed by atoms with Crippen LogP contribution in [-0.4, -0.2) is 76.1 Å². The van der Waals surface area contributed by atoms with Gasteiger partial charge in [0.2, 0.25) is 5.91 Å². The number of likely N-dealkylation sites (tertiary alicyclic amines) is 1. The molecule has 0 N–H and O–H groups in total. The van der Waals surface area contributed by atoms with Gasteiger partial charge in [-0.3, -0.25) is 9.69 Å². The number of aryl methyl sites for hydroxylation is 1. The van der Waals surface area contributed by atoms with Gasteiger partial charge < -0.3 is 14.1 Å². The number of piperidine rings is 1. The standard InChI is InChI=1S/C23H27N5O3/c1-16-24-15-21(31-16)17-2-3-18-14-25-22(26-20(18)12-17)13-23(29)28-6-4-19(5-7-28)27-8-10-30-11-9-27/h2-3,12,14-15,19H,4-11,13H2,1H3. The van der Waals surface area contributed by atoms with Crippen LogP contribution in [0.25, 0.3) is 22.2 Å². The summed E-state index contributed by atoms with van der Waals surface area (Å²) < 4.78 is 11.1. The van der Waals surface area contributed by atoms with Crippen molar-refractivity contribution in [3.8, 4) is 11.3 Å². The predicted octanol–water partition coefficient (Wildman–Crippen LogP) is 2.46. The summed E-state index contributed by atoms with van der Waals surface area (Å²) in [6.07, 6.45) is 5.76. The number of nitrogens with zero attached hydrogens (tertiary/aromatic N) is 5. The lowest BCUT2D eigenvalue weighted by Crippen LogP contribution is -2.50. The van der Waals surface area contributed by atoms with Crippen molar-refractivity contribution in [2.75, 3.05) is 39.4 Å². The van der Waals surface area contributed by atoms with E-state index in [1.54, 1.807) is 12.4 Å². The highest BCUT2D eigenvalue weighted by Crippen LogP contribution is 2.24. The molecule has 162 valence electrons. The molecule has 5 rings (SSSR count). The van der Waals surface area contributed by atoms with Gasteiger partial charge in [-0.05, 0) is 18.9 Å². The number of rotatable bonds is 4. The number of hydrogen-bond acceptors (Lipinski definition) is 7. The van der Waals surface area contributed by atoms with Crippen molar-refractivity contribution in [1.29, 1.82) is 0 Å². The van der Waals surface area contributed by atoms with Crippen molar-refractivity contribution in [2.45, 2.75) is 32.2 Å². The van der Waals surface area contributed by atoms with E-state index >= 15 is 0 Å². The number of ether oxygens (including phenoxy) is 1. The first-order valence-electron chi connectivity index (χ1n) is 10.9. The van der Waals surface area contributed by atoms with Gasteiger partial charge in [0.25, 0.3) is 0 Å². The van der Waals surface area contributed by atoms with Gasteiger partial charge in [-0.15, -0.1) is 0 Å². The van der Waals surface area contributed by atoms with Crippen LogP contribution < -0.4 is 0 Å². The summed E-state index contributed by atoms with van der Waals surface area (Å²) in [5.41, 5.74) is 1.71. The van der Waals surface area contributed by atoms with Gasteiger partial charge in [0.05, 0.1) is 31.3 Å². The van der Waals surface area contributed by atoms with Gasteiger partial charge in [-0.25, -0.2) is 15.0 Å². The number of morpholine rings is 1. The lowest BCUT2D eigenvalue weighted by molar-refractivity contribution is -0.132. The van der Waals surface area contributed by atoms with Crippen LogP contribution in [0.15, 0.2) is 35.0 Å². The Balaban J connectivity index is 1.24. The van der Waals surface area contributed by atoms with E-state index < -0.39 is 0 Å². The lowest BCUT2D eigenvalue weighted by Gasteiger charge is -2.40. The Bertz CT molecular complexity index is 1070. The molecule has 2 fully saturated rings. The number of hydrogen-bond donors (Lipinski definition) is 0. The van der Waals surface area contributed by atoms with Crippen molar-refractivity contribution in [2.24, 2.45) is 0 Å². The molecule has 2 saturated heterocycles. The molecule has 0 atom stereocenters. The molecule has 1 aromatic carbocycles. The Morgan fingerprint density at radius 2 is 1.90 bits per heavy atom. The molecule has 2 aliphatic rings. The number of aromatic nitrogens is 3. The molecule has 0 aliphatic carbocycles. The van der Waals surface area contributed by atoms with Crippen LogP contribution in [0.4, 0.5) is 0 Å². The van der Waals surface area contributed by atoms with E-state index in [1.807, 2.05) is 30.0 Å². The highest BCUT2D eigenvalue weighted by atomic mass is 16.5. The Morgan fingerprint density at radius 3 is 2.65 bits per heavy atom. The van der Waals surface area contributed by atoms with Crippen LogP contribution in [0.2, 0.25) is 0 Å². The maximum Gasteiger partial charge on any atom is 0.230 e. The molecule has 0 radical (unpaired) electrons. The largest absolute Gasteiger partial charge is 0.441 e. The van der Waals surface area contributed by atoms with Crippen molar-refractivity contribution < 1.29 is 13.9 Å². The second-order valence-electron chi connectivity index (χ2n) is 8.24. The molecule has 0 bridgehead atoms. The molecular formula is C23H27N5O3. The second-order valence-corrected chi connectivity index (χ2v) is 8.24. The Hall–Kier alpha value is -2.84. The summed E-state index contributed by atoms with van der Waals surface area (Å²) in [6.45, 7) is 7.04. The zero-order chi connectivity index (χ0) is 21.2. The van der Waals surface area contributed by atoms with Crippen molar-refractivity contribution in [1.82, 2.24) is 24.8 Å². The summed E-state index contributed by atoms with van der Waals surface area (Å²) in [4.78, 5) is 30.6. The lowest BCUT2D eigenvalue weighted by atomic mass is 10.0. The molecule has 2 aromatic heterocycles. The monoisotopic (exact) mass is 421 g/mol. The zero-order valence-electron chi connectivity index (χ0n) is 17.8. The molecule has 2 aliphatic heterocycles. The van der Waals surface area contributed by atoms with E-state index in [0.29, 0.717) is 23.5 Å². The normalized spacial score (nSPS) is 18.5. The molecule has 0 spiro atoms. The molecule has 4 heterocycles. The van der Waals surface area contributed by atoms with Crippen LogP contribution >= 0.6 is 0 Å². The summed E-state index contributed by atoms with van der Waals surface area (Å²) >= 11 is 0. The van der Waals surface area contributed by atoms with Crippen molar-refractivity contribution in [3.05, 3.63) is 42.3 Å². The van der Waals surface area contributed by atoms with E-state index in [-0.39, 0.29) is 12.3 Å². The fourth-order valence-corrected chi connectivity index (χ4v) is 4.46. The average Bonchev–Trinajstić information content (AvgIpc) is 3.25. The minimum Gasteiger partial charge on any atom is -0.441 e. The fraction of sp³-hybridized carbons (Fsp3) is 0.478. The highest BCUT2D eigenvalue weighted by molar-refractivity contribution is 5.83. The van der Waals surface area contributed by atoms with Gasteiger partial charge >= 0.3 is 0 Å². The molecule has 1 amide bonds. The summed E-state index contributed by atoms with van der Waals surface area (Å²) in [7, 11) is 0. The maximum absolute atomic E-state index is 12.9. The smallest absolute Gasteiger partial charge is 0.230 e. The number of carbonyl (C=O) groups is 1. The van der Waals surface area contributed by atoms with E-state index in [9.17, 15) is 4.79 Å². The fourth-order valence-electron chi connectivity index (χ4n) is 4.46. The Morgan fingerprint density at radius 1 is 1.10 bits per heavy atom. The third-order valence-electron chi connectivity index (χ3n) is 6.23. The third kappa shape index (κ3) is 4.45.